The third kappa shape index (κ3) is 5.41. The minimum atomic E-state index is -0.103. The predicted molar refractivity (Wildman–Crippen MR) is 124 cm³/mol. The van der Waals surface area contributed by atoms with E-state index in [9.17, 15) is 4.79 Å². The van der Waals surface area contributed by atoms with E-state index in [4.69, 9.17) is 4.74 Å². The molecule has 0 aliphatic carbocycles. The SMILES string of the molecule is Cc1ccccc1Oc1nccnc1N1CCC[C@H](C(=O)NCc2cccc(Br)c2)C1. The molecule has 1 fully saturated rings. The van der Waals surface area contributed by atoms with Crippen LogP contribution in [0.15, 0.2) is 65.4 Å². The molecule has 1 atom stereocenters. The van der Waals surface area contributed by atoms with Crippen molar-refractivity contribution in [3.05, 3.63) is 76.5 Å². The highest BCUT2D eigenvalue weighted by Crippen LogP contribution is 2.32. The number of nitrogens with zero attached hydrogens (tertiary/aromatic N) is 3. The van der Waals surface area contributed by atoms with Gasteiger partial charge in [0.25, 0.3) is 5.88 Å². The lowest BCUT2D eigenvalue weighted by atomic mass is 9.97. The molecule has 2 heterocycles. The summed E-state index contributed by atoms with van der Waals surface area (Å²) in [4.78, 5) is 23.9. The van der Waals surface area contributed by atoms with Gasteiger partial charge in [0.05, 0.1) is 5.92 Å². The Morgan fingerprint density at radius 2 is 2.03 bits per heavy atom. The second kappa shape index (κ2) is 9.92. The standard InChI is InChI=1S/C24H25BrN4O2/c1-17-6-2-3-10-21(17)31-24-22(26-11-12-27-24)29-13-5-8-19(16-29)23(30)28-15-18-7-4-9-20(25)14-18/h2-4,6-7,9-12,14,19H,5,8,13,15-16H2,1H3,(H,28,30)/t19-/m0/s1. The lowest BCUT2D eigenvalue weighted by Gasteiger charge is -2.33. The second-order valence-electron chi connectivity index (χ2n) is 7.69. The molecule has 1 saturated heterocycles. The quantitative estimate of drug-likeness (QED) is 0.544. The topological polar surface area (TPSA) is 67.4 Å². The molecule has 0 bridgehead atoms. The smallest absolute Gasteiger partial charge is 0.263 e. The highest BCUT2D eigenvalue weighted by atomic mass is 79.9. The molecule has 2 aromatic carbocycles. The number of carbonyl (C=O) groups is 1. The number of anilines is 1. The Balaban J connectivity index is 1.44. The third-order valence-electron chi connectivity index (χ3n) is 5.39. The lowest BCUT2D eigenvalue weighted by molar-refractivity contribution is -0.125. The van der Waals surface area contributed by atoms with Crippen LogP contribution in [0.5, 0.6) is 11.6 Å². The summed E-state index contributed by atoms with van der Waals surface area (Å²) < 4.78 is 7.09. The lowest BCUT2D eigenvalue weighted by Crippen LogP contribution is -2.43. The van der Waals surface area contributed by atoms with Gasteiger partial charge in [0, 0.05) is 36.5 Å². The number of para-hydroxylation sites is 1. The van der Waals surface area contributed by atoms with Crippen LogP contribution < -0.4 is 15.0 Å². The molecule has 0 radical (unpaired) electrons. The first kappa shape index (κ1) is 21.3. The van der Waals surface area contributed by atoms with Crippen molar-refractivity contribution in [2.24, 2.45) is 5.92 Å². The molecular weight excluding hydrogens is 456 g/mol. The Bertz CT molecular complexity index is 1060. The number of aryl methyl sites for hydroxylation is 1. The molecule has 3 aromatic rings. The number of amides is 1. The summed E-state index contributed by atoms with van der Waals surface area (Å²) in [5, 5.41) is 3.08. The molecule has 0 spiro atoms. The van der Waals surface area contributed by atoms with Crippen molar-refractivity contribution in [2.45, 2.75) is 26.3 Å². The van der Waals surface area contributed by atoms with Gasteiger partial charge in [0.2, 0.25) is 5.91 Å². The number of halogens is 1. The summed E-state index contributed by atoms with van der Waals surface area (Å²) in [6.07, 6.45) is 5.06. The molecule has 1 amide bonds. The molecule has 7 heteroatoms. The van der Waals surface area contributed by atoms with Gasteiger partial charge in [-0.2, -0.15) is 0 Å². The Hall–Kier alpha value is -2.93. The van der Waals surface area contributed by atoms with Gasteiger partial charge in [0.1, 0.15) is 5.75 Å². The number of benzene rings is 2. The molecule has 31 heavy (non-hydrogen) atoms. The number of carbonyl (C=O) groups excluding carboxylic acids is 1. The number of nitrogens with one attached hydrogen (secondary N) is 1. The van der Waals surface area contributed by atoms with E-state index in [-0.39, 0.29) is 11.8 Å². The Morgan fingerprint density at radius 1 is 1.19 bits per heavy atom. The first-order chi connectivity index (χ1) is 15.1. The molecular formula is C24H25BrN4O2. The van der Waals surface area contributed by atoms with Gasteiger partial charge in [0.15, 0.2) is 5.82 Å². The van der Waals surface area contributed by atoms with Gasteiger partial charge in [-0.15, -0.1) is 0 Å². The number of aromatic nitrogens is 2. The number of ether oxygens (including phenoxy) is 1. The number of hydrogen-bond donors (Lipinski definition) is 1. The molecule has 1 aromatic heterocycles. The average Bonchev–Trinajstić information content (AvgIpc) is 2.79. The molecule has 6 nitrogen and oxygen atoms in total. The minimum absolute atomic E-state index is 0.0648. The van der Waals surface area contributed by atoms with E-state index >= 15 is 0 Å². The maximum Gasteiger partial charge on any atom is 0.263 e. The van der Waals surface area contributed by atoms with Crippen molar-refractivity contribution in [1.82, 2.24) is 15.3 Å². The summed E-state index contributed by atoms with van der Waals surface area (Å²) >= 11 is 3.47. The number of hydrogen-bond acceptors (Lipinski definition) is 5. The van der Waals surface area contributed by atoms with Crippen LogP contribution in [0.2, 0.25) is 0 Å². The first-order valence-corrected chi connectivity index (χ1v) is 11.2. The summed E-state index contributed by atoms with van der Waals surface area (Å²) in [6.45, 7) is 3.92. The van der Waals surface area contributed by atoms with Crippen molar-refractivity contribution in [2.75, 3.05) is 18.0 Å². The average molecular weight is 481 g/mol. The summed E-state index contributed by atoms with van der Waals surface area (Å²) in [5.74, 6) is 1.86. The zero-order chi connectivity index (χ0) is 21.6. The first-order valence-electron chi connectivity index (χ1n) is 10.4. The zero-order valence-corrected chi connectivity index (χ0v) is 19.0. The van der Waals surface area contributed by atoms with Crippen LogP contribution >= 0.6 is 15.9 Å². The second-order valence-corrected chi connectivity index (χ2v) is 8.60. The van der Waals surface area contributed by atoms with Crippen molar-refractivity contribution in [3.63, 3.8) is 0 Å². The van der Waals surface area contributed by atoms with Crippen molar-refractivity contribution in [1.29, 1.82) is 0 Å². The molecule has 1 N–H and O–H groups in total. The number of piperidine rings is 1. The van der Waals surface area contributed by atoms with E-state index in [2.05, 4.69) is 36.1 Å². The van der Waals surface area contributed by atoms with Gasteiger partial charge >= 0.3 is 0 Å². The van der Waals surface area contributed by atoms with Crippen molar-refractivity contribution in [3.8, 4) is 11.6 Å². The molecule has 0 saturated carbocycles. The van der Waals surface area contributed by atoms with E-state index < -0.39 is 0 Å². The van der Waals surface area contributed by atoms with Crippen LogP contribution in [0.25, 0.3) is 0 Å². The summed E-state index contributed by atoms with van der Waals surface area (Å²) in [7, 11) is 0. The Labute approximate surface area is 190 Å². The molecule has 1 aliphatic rings. The van der Waals surface area contributed by atoms with Crippen molar-refractivity contribution >= 4 is 27.7 Å². The highest BCUT2D eigenvalue weighted by molar-refractivity contribution is 9.10. The third-order valence-corrected chi connectivity index (χ3v) is 5.89. The van der Waals surface area contributed by atoms with E-state index in [1.54, 1.807) is 12.4 Å². The minimum Gasteiger partial charge on any atom is -0.436 e. The highest BCUT2D eigenvalue weighted by Gasteiger charge is 2.28. The largest absolute Gasteiger partial charge is 0.436 e. The van der Waals surface area contributed by atoms with Crippen LogP contribution in [0.3, 0.4) is 0 Å². The molecule has 0 unspecified atom stereocenters. The maximum absolute atomic E-state index is 12.8. The fourth-order valence-electron chi connectivity index (χ4n) is 3.75. The Morgan fingerprint density at radius 3 is 2.87 bits per heavy atom. The van der Waals surface area contributed by atoms with Gasteiger partial charge in [-0.1, -0.05) is 46.3 Å². The maximum atomic E-state index is 12.8. The number of rotatable bonds is 6. The Kier molecular flexibility index (Phi) is 6.82. The fourth-order valence-corrected chi connectivity index (χ4v) is 4.19. The van der Waals surface area contributed by atoms with Crippen LogP contribution in [-0.2, 0) is 11.3 Å². The molecule has 4 rings (SSSR count). The van der Waals surface area contributed by atoms with Crippen LogP contribution in [0.4, 0.5) is 5.82 Å². The van der Waals surface area contributed by atoms with E-state index in [1.807, 2.05) is 55.5 Å². The predicted octanol–water partition coefficient (Wildman–Crippen LogP) is 4.87. The van der Waals surface area contributed by atoms with E-state index in [1.165, 1.54) is 0 Å². The van der Waals surface area contributed by atoms with Gasteiger partial charge in [-0.05, 0) is 49.1 Å². The zero-order valence-electron chi connectivity index (χ0n) is 17.4. The van der Waals surface area contributed by atoms with Crippen LogP contribution in [-0.4, -0.2) is 29.0 Å². The summed E-state index contributed by atoms with van der Waals surface area (Å²) in [6, 6.07) is 15.8. The monoisotopic (exact) mass is 480 g/mol. The van der Waals surface area contributed by atoms with Crippen molar-refractivity contribution < 1.29 is 9.53 Å². The van der Waals surface area contributed by atoms with E-state index in [0.717, 1.165) is 40.7 Å². The fraction of sp³-hybridized carbons (Fsp3) is 0.292. The van der Waals surface area contributed by atoms with Gasteiger partial charge in [-0.25, -0.2) is 9.97 Å². The van der Waals surface area contributed by atoms with Crippen LogP contribution in [0.1, 0.15) is 24.0 Å². The molecule has 1 aliphatic heterocycles. The van der Waals surface area contributed by atoms with Gasteiger partial charge < -0.3 is 15.0 Å². The van der Waals surface area contributed by atoms with Crippen LogP contribution in [0, 0.1) is 12.8 Å². The molecule has 160 valence electrons. The van der Waals surface area contributed by atoms with E-state index in [0.29, 0.717) is 24.8 Å². The van der Waals surface area contributed by atoms with Gasteiger partial charge in [-0.3, -0.25) is 4.79 Å². The normalized spacial score (nSPS) is 16.1. The summed E-state index contributed by atoms with van der Waals surface area (Å²) in [5.41, 5.74) is 2.10.